The minimum absolute atomic E-state index is 0.193. The van der Waals surface area contributed by atoms with Gasteiger partial charge in [0.25, 0.3) is 11.8 Å². The molecule has 0 bridgehead atoms. The summed E-state index contributed by atoms with van der Waals surface area (Å²) < 4.78 is 10.8. The lowest BCUT2D eigenvalue weighted by atomic mass is 10.0. The van der Waals surface area contributed by atoms with Crippen molar-refractivity contribution in [1.82, 2.24) is 5.32 Å². The van der Waals surface area contributed by atoms with E-state index in [0.29, 0.717) is 34.2 Å². The number of benzene rings is 2. The lowest BCUT2D eigenvalue weighted by Crippen LogP contribution is -2.54. The molecule has 0 unspecified atom stereocenters. The van der Waals surface area contributed by atoms with Crippen molar-refractivity contribution >= 4 is 41.2 Å². The number of barbiturate groups is 1. The molecule has 1 fully saturated rings. The molecule has 1 saturated heterocycles. The summed E-state index contributed by atoms with van der Waals surface area (Å²) in [4.78, 5) is 38.6. The summed E-state index contributed by atoms with van der Waals surface area (Å²) in [6, 6.07) is 8.71. The zero-order valence-corrected chi connectivity index (χ0v) is 17.2. The van der Waals surface area contributed by atoms with E-state index in [0.717, 1.165) is 10.5 Å². The minimum Gasteiger partial charge on any atom is -0.493 e. The number of urea groups is 1. The van der Waals surface area contributed by atoms with Gasteiger partial charge in [-0.1, -0.05) is 17.7 Å². The van der Waals surface area contributed by atoms with E-state index in [9.17, 15) is 14.4 Å². The number of methoxy groups -OCH3 is 2. The topological polar surface area (TPSA) is 84.9 Å². The number of allylic oxidation sites excluding steroid dienone is 1. The molecule has 0 aliphatic carbocycles. The van der Waals surface area contributed by atoms with Crippen molar-refractivity contribution < 1.29 is 23.9 Å². The van der Waals surface area contributed by atoms with Crippen LogP contribution in [-0.4, -0.2) is 32.1 Å². The van der Waals surface area contributed by atoms with Crippen molar-refractivity contribution in [2.75, 3.05) is 19.1 Å². The Labute approximate surface area is 178 Å². The van der Waals surface area contributed by atoms with Gasteiger partial charge in [0.15, 0.2) is 11.5 Å². The Balaban J connectivity index is 2.07. The van der Waals surface area contributed by atoms with Gasteiger partial charge in [0.2, 0.25) is 0 Å². The van der Waals surface area contributed by atoms with E-state index in [1.165, 1.54) is 32.4 Å². The maximum atomic E-state index is 13.0. The summed E-state index contributed by atoms with van der Waals surface area (Å²) >= 11 is 5.88. The Morgan fingerprint density at radius 2 is 1.80 bits per heavy atom. The average molecular weight is 427 g/mol. The molecule has 2 aromatic rings. The van der Waals surface area contributed by atoms with Crippen molar-refractivity contribution in [1.29, 1.82) is 0 Å². The zero-order valence-electron chi connectivity index (χ0n) is 16.4. The number of hydrogen-bond acceptors (Lipinski definition) is 5. The van der Waals surface area contributed by atoms with E-state index >= 15 is 0 Å². The number of rotatable bonds is 6. The Morgan fingerprint density at radius 1 is 1.10 bits per heavy atom. The summed E-state index contributed by atoms with van der Waals surface area (Å²) in [7, 11) is 3.02. The third-order valence-corrected chi connectivity index (χ3v) is 4.69. The number of hydrogen-bond donors (Lipinski definition) is 1. The van der Waals surface area contributed by atoms with Crippen LogP contribution in [0.15, 0.2) is 54.6 Å². The molecule has 1 N–H and O–H groups in total. The lowest BCUT2D eigenvalue weighted by Gasteiger charge is -2.26. The third kappa shape index (κ3) is 4.06. The lowest BCUT2D eigenvalue weighted by molar-refractivity contribution is -0.122. The van der Waals surface area contributed by atoms with Crippen LogP contribution < -0.4 is 19.7 Å². The smallest absolute Gasteiger partial charge is 0.335 e. The Morgan fingerprint density at radius 3 is 2.40 bits per heavy atom. The molecule has 1 aliphatic heterocycles. The van der Waals surface area contributed by atoms with Crippen LogP contribution in [-0.2, 0) is 16.0 Å². The molecule has 7 nitrogen and oxygen atoms in total. The second-order valence-corrected chi connectivity index (χ2v) is 6.78. The van der Waals surface area contributed by atoms with Crippen molar-refractivity contribution in [3.05, 3.63) is 70.8 Å². The summed E-state index contributed by atoms with van der Waals surface area (Å²) in [5, 5.41) is 2.64. The molecule has 0 radical (unpaired) electrons. The first-order valence-electron chi connectivity index (χ1n) is 8.92. The highest BCUT2D eigenvalue weighted by Gasteiger charge is 2.36. The van der Waals surface area contributed by atoms with Gasteiger partial charge in [0.1, 0.15) is 5.57 Å². The molecule has 0 aromatic heterocycles. The highest BCUT2D eigenvalue weighted by molar-refractivity contribution is 6.39. The summed E-state index contributed by atoms with van der Waals surface area (Å²) in [6.45, 7) is 3.73. The highest BCUT2D eigenvalue weighted by atomic mass is 35.5. The van der Waals surface area contributed by atoms with E-state index in [2.05, 4.69) is 11.9 Å². The van der Waals surface area contributed by atoms with E-state index in [1.807, 2.05) is 0 Å². The van der Waals surface area contributed by atoms with E-state index in [-0.39, 0.29) is 5.57 Å². The normalized spacial score (nSPS) is 15.2. The van der Waals surface area contributed by atoms with Crippen LogP contribution in [0.2, 0.25) is 5.02 Å². The standard InChI is InChI=1S/C22H19ClN2O5/c1-4-5-14-10-13(12-18(29-2)19(14)30-3)11-17-20(26)24-22(28)25(21(17)27)16-8-6-15(23)7-9-16/h4,6-12H,1,5H2,2-3H3,(H,24,26,28)/b17-11+. The van der Waals surface area contributed by atoms with Crippen LogP contribution in [0.25, 0.3) is 6.08 Å². The first kappa shape index (κ1) is 21.1. The fourth-order valence-electron chi connectivity index (χ4n) is 3.11. The monoisotopic (exact) mass is 426 g/mol. The zero-order chi connectivity index (χ0) is 21.8. The predicted molar refractivity (Wildman–Crippen MR) is 114 cm³/mol. The van der Waals surface area contributed by atoms with Gasteiger partial charge in [0.05, 0.1) is 19.9 Å². The number of ether oxygens (including phenoxy) is 2. The van der Waals surface area contributed by atoms with Crippen LogP contribution in [0.5, 0.6) is 11.5 Å². The van der Waals surface area contributed by atoms with Crippen LogP contribution in [0, 0.1) is 0 Å². The second kappa shape index (κ2) is 8.84. The van der Waals surface area contributed by atoms with Gasteiger partial charge < -0.3 is 9.47 Å². The number of anilines is 1. The SMILES string of the molecule is C=CCc1cc(/C=C2\C(=O)NC(=O)N(c3ccc(Cl)cc3)C2=O)cc(OC)c1OC. The van der Waals surface area contributed by atoms with Crippen LogP contribution in [0.1, 0.15) is 11.1 Å². The molecular weight excluding hydrogens is 408 g/mol. The first-order chi connectivity index (χ1) is 14.4. The number of carbonyl (C=O) groups excluding carboxylic acids is 3. The van der Waals surface area contributed by atoms with Crippen molar-refractivity contribution in [3.8, 4) is 11.5 Å². The predicted octanol–water partition coefficient (Wildman–Crippen LogP) is 3.75. The summed E-state index contributed by atoms with van der Waals surface area (Å²) in [6.07, 6.45) is 3.60. The Bertz CT molecular complexity index is 1060. The average Bonchev–Trinajstić information content (AvgIpc) is 2.72. The number of amides is 4. The molecule has 8 heteroatoms. The summed E-state index contributed by atoms with van der Waals surface area (Å²) in [5.74, 6) is -0.545. The van der Waals surface area contributed by atoms with E-state index in [1.54, 1.807) is 30.3 Å². The van der Waals surface area contributed by atoms with Gasteiger partial charge in [-0.25, -0.2) is 9.69 Å². The Kier molecular flexibility index (Phi) is 6.23. The molecule has 4 amide bonds. The number of imide groups is 2. The quantitative estimate of drug-likeness (QED) is 0.432. The summed E-state index contributed by atoms with van der Waals surface area (Å²) in [5.41, 5.74) is 1.41. The third-order valence-electron chi connectivity index (χ3n) is 4.44. The van der Waals surface area contributed by atoms with Gasteiger partial charge in [-0.05, 0) is 54.5 Å². The van der Waals surface area contributed by atoms with Gasteiger partial charge in [-0.3, -0.25) is 14.9 Å². The molecule has 3 rings (SSSR count). The Hall–Kier alpha value is -3.58. The molecule has 1 heterocycles. The van der Waals surface area contributed by atoms with Crippen molar-refractivity contribution in [2.24, 2.45) is 0 Å². The van der Waals surface area contributed by atoms with Crippen molar-refractivity contribution in [2.45, 2.75) is 6.42 Å². The number of carbonyl (C=O) groups is 3. The first-order valence-corrected chi connectivity index (χ1v) is 9.30. The van der Waals surface area contributed by atoms with Crippen molar-refractivity contribution in [3.63, 3.8) is 0 Å². The maximum absolute atomic E-state index is 13.0. The molecule has 30 heavy (non-hydrogen) atoms. The molecule has 1 aliphatic rings. The van der Waals surface area contributed by atoms with Gasteiger partial charge in [0, 0.05) is 10.6 Å². The molecule has 0 atom stereocenters. The fraction of sp³-hybridized carbons (Fsp3) is 0.136. The molecular formula is C22H19ClN2O5. The van der Waals surface area contributed by atoms with Gasteiger partial charge in [-0.15, -0.1) is 6.58 Å². The van der Waals surface area contributed by atoms with Gasteiger partial charge in [-0.2, -0.15) is 0 Å². The molecule has 0 spiro atoms. The number of nitrogens with zero attached hydrogens (tertiary/aromatic N) is 1. The minimum atomic E-state index is -0.830. The number of nitrogens with one attached hydrogen (secondary N) is 1. The highest BCUT2D eigenvalue weighted by Crippen LogP contribution is 2.34. The molecule has 0 saturated carbocycles. The van der Waals surface area contributed by atoms with Crippen LogP contribution in [0.4, 0.5) is 10.5 Å². The largest absolute Gasteiger partial charge is 0.493 e. The molecule has 154 valence electrons. The molecule has 2 aromatic carbocycles. The second-order valence-electron chi connectivity index (χ2n) is 6.34. The van der Waals surface area contributed by atoms with E-state index < -0.39 is 17.8 Å². The maximum Gasteiger partial charge on any atom is 0.335 e. The van der Waals surface area contributed by atoms with E-state index in [4.69, 9.17) is 21.1 Å². The van der Waals surface area contributed by atoms with Crippen LogP contribution in [0.3, 0.4) is 0 Å². The number of halogens is 1. The van der Waals surface area contributed by atoms with Gasteiger partial charge >= 0.3 is 6.03 Å². The fourth-order valence-corrected chi connectivity index (χ4v) is 3.23. The van der Waals surface area contributed by atoms with Crippen LogP contribution >= 0.6 is 11.6 Å².